The molecule has 188 valence electrons. The number of nitrogens with zero attached hydrogens (tertiary/aromatic N) is 8. The van der Waals surface area contributed by atoms with Crippen LogP contribution in [0, 0.1) is 11.3 Å². The Morgan fingerprint density at radius 2 is 1.78 bits per heavy atom. The van der Waals surface area contributed by atoms with Gasteiger partial charge in [-0.05, 0) is 43.3 Å². The van der Waals surface area contributed by atoms with E-state index < -0.39 is 0 Å². The van der Waals surface area contributed by atoms with Crippen molar-refractivity contribution in [2.75, 3.05) is 48.7 Å². The first-order valence-corrected chi connectivity index (χ1v) is 11.6. The molecule has 5 rings (SSSR count). The average Bonchev–Trinajstić information content (AvgIpc) is 3.28. The lowest BCUT2D eigenvalue weighted by Crippen LogP contribution is -2.49. The zero-order valence-electron chi connectivity index (χ0n) is 20.0. The Morgan fingerprint density at radius 3 is 2.46 bits per heavy atom. The van der Waals surface area contributed by atoms with E-state index in [1.165, 1.54) is 4.52 Å². The Bertz CT molecular complexity index is 1440. The lowest BCUT2D eigenvalue weighted by Gasteiger charge is -2.34. The van der Waals surface area contributed by atoms with E-state index >= 15 is 0 Å². The number of ether oxygens (including phenoxy) is 2. The van der Waals surface area contributed by atoms with Crippen LogP contribution in [0.4, 0.5) is 28.2 Å². The molecule has 1 aromatic carbocycles. The predicted octanol–water partition coefficient (Wildman–Crippen LogP) is 2.79. The smallest absolute Gasteiger partial charge is 0.409 e. The number of amides is 1. The maximum absolute atomic E-state index is 12.0. The maximum Gasteiger partial charge on any atom is 0.409 e. The second kappa shape index (κ2) is 10.2. The molecule has 0 unspecified atom stereocenters. The van der Waals surface area contributed by atoms with E-state index in [2.05, 4.69) is 31.4 Å². The molecule has 1 aliphatic heterocycles. The van der Waals surface area contributed by atoms with Gasteiger partial charge in [-0.3, -0.25) is 4.98 Å². The van der Waals surface area contributed by atoms with Crippen LogP contribution < -0.4 is 20.7 Å². The Morgan fingerprint density at radius 1 is 1.08 bits per heavy atom. The number of fused-ring (bicyclic) bond motifs is 1. The van der Waals surface area contributed by atoms with Crippen molar-refractivity contribution in [2.24, 2.45) is 0 Å². The lowest BCUT2D eigenvalue weighted by molar-refractivity contribution is 0.105. The molecule has 0 radical (unpaired) electrons. The predicted molar refractivity (Wildman–Crippen MR) is 135 cm³/mol. The first-order chi connectivity index (χ1) is 18.1. The highest BCUT2D eigenvalue weighted by molar-refractivity contribution is 5.74. The van der Waals surface area contributed by atoms with E-state index in [1.54, 1.807) is 48.5 Å². The Hall–Kier alpha value is -5.12. The van der Waals surface area contributed by atoms with Crippen molar-refractivity contribution < 1.29 is 14.3 Å². The van der Waals surface area contributed by atoms with Gasteiger partial charge in [0.25, 0.3) is 0 Å². The van der Waals surface area contributed by atoms with Gasteiger partial charge in [0.15, 0.2) is 11.5 Å². The van der Waals surface area contributed by atoms with Crippen LogP contribution in [0.5, 0.6) is 11.5 Å². The van der Waals surface area contributed by atoms with Gasteiger partial charge in [0, 0.05) is 44.3 Å². The number of hydrogen-bond acceptors (Lipinski definition) is 11. The highest BCUT2D eigenvalue weighted by Crippen LogP contribution is 2.27. The third kappa shape index (κ3) is 4.98. The van der Waals surface area contributed by atoms with Crippen LogP contribution in [0.15, 0.2) is 48.8 Å². The molecule has 1 fully saturated rings. The Labute approximate surface area is 212 Å². The van der Waals surface area contributed by atoms with Gasteiger partial charge in [-0.15, -0.1) is 5.10 Å². The number of benzene rings is 1. The minimum Gasteiger partial charge on any atom is -0.457 e. The lowest BCUT2D eigenvalue weighted by atomic mass is 10.2. The van der Waals surface area contributed by atoms with Crippen molar-refractivity contribution in [2.45, 2.75) is 6.92 Å². The summed E-state index contributed by atoms with van der Waals surface area (Å²) >= 11 is 0. The van der Waals surface area contributed by atoms with E-state index in [-0.39, 0.29) is 23.3 Å². The molecule has 0 bridgehead atoms. The Balaban J connectivity index is 1.34. The third-order valence-electron chi connectivity index (χ3n) is 5.70. The van der Waals surface area contributed by atoms with Crippen molar-refractivity contribution in [1.82, 2.24) is 29.5 Å². The van der Waals surface area contributed by atoms with Crippen LogP contribution in [0.1, 0.15) is 12.5 Å². The summed E-state index contributed by atoms with van der Waals surface area (Å²) in [4.78, 5) is 28.4. The average molecular weight is 501 g/mol. The molecule has 3 N–H and O–H groups in total. The van der Waals surface area contributed by atoms with Crippen LogP contribution in [0.25, 0.3) is 5.65 Å². The molecule has 4 heterocycles. The van der Waals surface area contributed by atoms with Crippen LogP contribution in [-0.4, -0.2) is 68.3 Å². The van der Waals surface area contributed by atoms with Crippen LogP contribution in [0.3, 0.4) is 0 Å². The molecule has 13 nitrogen and oxygen atoms in total. The minimum atomic E-state index is -0.340. The van der Waals surface area contributed by atoms with Crippen molar-refractivity contribution in [3.8, 4) is 17.6 Å². The molecule has 1 amide bonds. The van der Waals surface area contributed by atoms with E-state index in [0.717, 1.165) is 0 Å². The molecule has 0 aliphatic carbocycles. The highest BCUT2D eigenvalue weighted by Gasteiger charge is 2.25. The molecule has 37 heavy (non-hydrogen) atoms. The van der Waals surface area contributed by atoms with Crippen molar-refractivity contribution in [1.29, 1.82) is 5.26 Å². The number of hydrogen-bond donors (Lipinski definition) is 2. The number of nitrogens with one attached hydrogen (secondary N) is 1. The number of carbonyl (C=O) groups is 1. The number of nitrogens with two attached hydrogens (primary N) is 1. The van der Waals surface area contributed by atoms with Gasteiger partial charge in [-0.1, -0.05) is 0 Å². The quantitative estimate of drug-likeness (QED) is 0.401. The van der Waals surface area contributed by atoms with Gasteiger partial charge >= 0.3 is 6.09 Å². The summed E-state index contributed by atoms with van der Waals surface area (Å²) in [5.41, 5.74) is 7.40. The topological polar surface area (TPSA) is 160 Å². The molecule has 13 heteroatoms. The fraction of sp³-hybridized carbons (Fsp3) is 0.250. The van der Waals surface area contributed by atoms with Crippen LogP contribution in [-0.2, 0) is 4.74 Å². The molecule has 0 saturated carbocycles. The molecule has 1 saturated heterocycles. The van der Waals surface area contributed by atoms with Gasteiger partial charge in [-0.25, -0.2) is 4.79 Å². The van der Waals surface area contributed by atoms with Crippen LogP contribution >= 0.6 is 0 Å². The second-order valence-corrected chi connectivity index (χ2v) is 8.06. The standard InChI is InChI=1S/C24H24N10O3/c1-2-36-24(35)33-13-11-32(12-14-33)23-29-21-19(15-25)20(31-34(21)22(26)30-23)28-16-3-5-17(6-4-16)37-18-7-9-27-10-8-18/h3-10H,2,11-14H2,1H3,(H,28,31)(H2,26,29,30). The number of carbonyl (C=O) groups excluding carboxylic acids is 1. The summed E-state index contributed by atoms with van der Waals surface area (Å²) in [6.45, 7) is 4.03. The SMILES string of the molecule is CCOC(=O)N1CCN(c2nc(N)n3nc(Nc4ccc(Oc5ccncc5)cc4)c(C#N)c3n2)CC1. The second-order valence-electron chi connectivity index (χ2n) is 8.06. The first kappa shape index (κ1) is 23.6. The van der Waals surface area contributed by atoms with Crippen molar-refractivity contribution >= 4 is 35.1 Å². The summed E-state index contributed by atoms with van der Waals surface area (Å²) in [6, 6.07) is 12.9. The fourth-order valence-electron chi connectivity index (χ4n) is 3.86. The molecule has 0 spiro atoms. The number of aromatic nitrogens is 5. The summed E-state index contributed by atoms with van der Waals surface area (Å²) in [7, 11) is 0. The fourth-order valence-corrected chi connectivity index (χ4v) is 3.86. The summed E-state index contributed by atoms with van der Waals surface area (Å²) in [6.07, 6.45) is 2.97. The maximum atomic E-state index is 12.0. The molecule has 3 aromatic heterocycles. The number of rotatable bonds is 6. The molecule has 0 atom stereocenters. The van der Waals surface area contributed by atoms with Gasteiger partial charge < -0.3 is 30.3 Å². The van der Waals surface area contributed by atoms with Crippen molar-refractivity contribution in [3.63, 3.8) is 0 Å². The van der Waals surface area contributed by atoms with Gasteiger partial charge in [-0.2, -0.15) is 19.7 Å². The summed E-state index contributed by atoms with van der Waals surface area (Å²) < 4.78 is 12.2. The Kier molecular flexibility index (Phi) is 6.54. The first-order valence-electron chi connectivity index (χ1n) is 11.6. The zero-order chi connectivity index (χ0) is 25.8. The monoisotopic (exact) mass is 500 g/mol. The van der Waals surface area contributed by atoms with Crippen LogP contribution in [0.2, 0.25) is 0 Å². The number of nitriles is 1. The third-order valence-corrected chi connectivity index (χ3v) is 5.70. The van der Waals surface area contributed by atoms with E-state index in [9.17, 15) is 10.1 Å². The molecule has 4 aromatic rings. The summed E-state index contributed by atoms with van der Waals surface area (Å²) in [5, 5.41) is 17.5. The number of piperazine rings is 1. The normalized spacial score (nSPS) is 13.3. The number of nitrogen functional groups attached to an aromatic ring is 1. The van der Waals surface area contributed by atoms with Gasteiger partial charge in [0.1, 0.15) is 23.1 Å². The van der Waals surface area contributed by atoms with Gasteiger partial charge in [0.05, 0.1) is 6.61 Å². The number of anilines is 4. The molecular formula is C24H24N10O3. The molecular weight excluding hydrogens is 476 g/mol. The zero-order valence-corrected chi connectivity index (χ0v) is 20.0. The van der Waals surface area contributed by atoms with Crippen molar-refractivity contribution in [3.05, 3.63) is 54.4 Å². The van der Waals surface area contributed by atoms with Gasteiger partial charge in [0.2, 0.25) is 11.9 Å². The van der Waals surface area contributed by atoms with E-state index in [0.29, 0.717) is 61.7 Å². The summed E-state index contributed by atoms with van der Waals surface area (Å²) in [5.74, 6) is 2.09. The number of pyridine rings is 1. The van der Waals surface area contributed by atoms with E-state index in [1.807, 2.05) is 17.0 Å². The minimum absolute atomic E-state index is 0.0958. The van der Waals surface area contributed by atoms with E-state index in [4.69, 9.17) is 15.2 Å². The largest absolute Gasteiger partial charge is 0.457 e. The highest BCUT2D eigenvalue weighted by atomic mass is 16.6. The molecule has 1 aliphatic rings.